The highest BCUT2D eigenvalue weighted by Gasteiger charge is 2.51. The molecule has 6 atom stereocenters. The van der Waals surface area contributed by atoms with E-state index in [4.69, 9.17) is 15.2 Å². The molecule has 284 valence electrons. The average Bonchev–Trinajstić information content (AvgIpc) is 3.92. The van der Waals surface area contributed by atoms with Crippen LogP contribution in [0.1, 0.15) is 103 Å². The van der Waals surface area contributed by atoms with Crippen LogP contribution < -0.4 is 5.73 Å². The summed E-state index contributed by atoms with van der Waals surface area (Å²) in [4.78, 5) is 53.6. The maximum atomic E-state index is 14.3. The van der Waals surface area contributed by atoms with Gasteiger partial charge in [-0.2, -0.15) is 4.39 Å². The zero-order chi connectivity index (χ0) is 38.4. The summed E-state index contributed by atoms with van der Waals surface area (Å²) >= 11 is 0. The Hall–Kier alpha value is -5.27. The Kier molecular flexibility index (Phi) is 9.96. The number of ether oxygens (including phenoxy) is 2. The van der Waals surface area contributed by atoms with Crippen molar-refractivity contribution < 1.29 is 23.5 Å². The Balaban J connectivity index is 0.000000167. The molecule has 2 N–H and O–H groups in total. The number of nitrogens with zero attached hydrogens (tertiary/aromatic N) is 8. The zero-order valence-corrected chi connectivity index (χ0v) is 31.6. The van der Waals surface area contributed by atoms with Crippen molar-refractivity contribution in [1.82, 2.24) is 39.7 Å². The van der Waals surface area contributed by atoms with E-state index >= 15 is 0 Å². The van der Waals surface area contributed by atoms with E-state index in [0.717, 1.165) is 60.8 Å². The van der Waals surface area contributed by atoms with Crippen molar-refractivity contribution >= 4 is 18.0 Å². The van der Waals surface area contributed by atoms with E-state index in [9.17, 15) is 14.0 Å². The van der Waals surface area contributed by atoms with E-state index in [1.807, 2.05) is 63.6 Å². The lowest BCUT2D eigenvalue weighted by atomic mass is 9.84. The van der Waals surface area contributed by atoms with Gasteiger partial charge in [0.1, 0.15) is 29.7 Å². The van der Waals surface area contributed by atoms with E-state index in [0.29, 0.717) is 16.9 Å². The second-order valence-electron chi connectivity index (χ2n) is 16.6. The number of rotatable bonds is 4. The minimum Gasteiger partial charge on any atom is -0.444 e. The van der Waals surface area contributed by atoms with E-state index in [-0.39, 0.29) is 48.2 Å². The fourth-order valence-electron chi connectivity index (χ4n) is 8.56. The van der Waals surface area contributed by atoms with Gasteiger partial charge in [0.2, 0.25) is 5.95 Å². The smallest absolute Gasteiger partial charge is 0.410 e. The van der Waals surface area contributed by atoms with Crippen LogP contribution in [-0.2, 0) is 9.47 Å². The van der Waals surface area contributed by atoms with Gasteiger partial charge in [0.05, 0.1) is 0 Å². The Morgan fingerprint density at radius 1 is 0.667 bits per heavy atom. The second-order valence-corrected chi connectivity index (χ2v) is 16.6. The first-order valence-electron chi connectivity index (χ1n) is 18.6. The number of fused-ring (bicyclic) bond motifs is 4. The van der Waals surface area contributed by atoms with Crippen molar-refractivity contribution in [3.63, 3.8) is 0 Å². The van der Waals surface area contributed by atoms with Crippen LogP contribution in [0.3, 0.4) is 0 Å². The summed E-state index contributed by atoms with van der Waals surface area (Å²) in [6, 6.07) is 4.51. The molecule has 4 aromatic rings. The predicted molar refractivity (Wildman–Crippen MR) is 199 cm³/mol. The molecule has 4 aromatic heterocycles. The van der Waals surface area contributed by atoms with E-state index in [1.165, 1.54) is 12.7 Å². The van der Waals surface area contributed by atoms with Crippen LogP contribution in [0, 0.1) is 5.95 Å². The van der Waals surface area contributed by atoms with Gasteiger partial charge in [-0.15, -0.1) is 0 Å². The molecule has 13 nitrogen and oxygen atoms in total. The molecule has 8 heterocycles. The maximum Gasteiger partial charge on any atom is 0.410 e. The third-order valence-electron chi connectivity index (χ3n) is 10.7. The number of halogens is 1. The van der Waals surface area contributed by atoms with Crippen molar-refractivity contribution in [3.05, 3.63) is 79.0 Å². The highest BCUT2D eigenvalue weighted by Crippen LogP contribution is 2.49. The molecule has 0 radical (unpaired) electrons. The Morgan fingerprint density at radius 2 is 1.09 bits per heavy atom. The molecular weight excluding hydrogens is 689 g/mol. The first-order valence-corrected chi connectivity index (χ1v) is 18.6. The number of amides is 2. The average molecular weight is 738 g/mol. The number of pyridine rings is 2. The summed E-state index contributed by atoms with van der Waals surface area (Å²) in [5.74, 6) is 0.293. The third-order valence-corrected chi connectivity index (χ3v) is 10.7. The number of carbonyl (C=O) groups excluding carboxylic acids is 2. The lowest BCUT2D eigenvalue weighted by Gasteiger charge is -2.28. The molecule has 4 fully saturated rings. The van der Waals surface area contributed by atoms with Gasteiger partial charge in [0.25, 0.3) is 0 Å². The summed E-state index contributed by atoms with van der Waals surface area (Å²) in [6.07, 6.45) is 18.2. The number of anilines is 1. The van der Waals surface area contributed by atoms with E-state index < -0.39 is 17.1 Å². The number of nitrogen functional groups attached to an aromatic ring is 1. The van der Waals surface area contributed by atoms with Gasteiger partial charge >= 0.3 is 12.2 Å². The molecule has 0 aromatic carbocycles. The molecule has 54 heavy (non-hydrogen) atoms. The van der Waals surface area contributed by atoms with Crippen LogP contribution in [0.4, 0.5) is 19.8 Å². The molecule has 4 bridgehead atoms. The summed E-state index contributed by atoms with van der Waals surface area (Å²) in [5.41, 5.74) is 9.78. The Morgan fingerprint density at radius 3 is 1.56 bits per heavy atom. The predicted octanol–water partition coefficient (Wildman–Crippen LogP) is 7.31. The van der Waals surface area contributed by atoms with Crippen LogP contribution in [0.25, 0.3) is 22.3 Å². The normalized spacial score (nSPS) is 24.3. The van der Waals surface area contributed by atoms with Gasteiger partial charge in [-0.3, -0.25) is 0 Å². The van der Waals surface area contributed by atoms with Gasteiger partial charge in [-0.05, 0) is 103 Å². The lowest BCUT2D eigenvalue weighted by Crippen LogP contribution is -2.40. The molecule has 4 aliphatic rings. The van der Waals surface area contributed by atoms with Crippen LogP contribution >= 0.6 is 0 Å². The van der Waals surface area contributed by atoms with Gasteiger partial charge in [0, 0.05) is 95.4 Å². The number of nitrogens with two attached hydrogens (primary N) is 1. The van der Waals surface area contributed by atoms with E-state index in [1.54, 1.807) is 31.0 Å². The topological polar surface area (TPSA) is 162 Å². The van der Waals surface area contributed by atoms with E-state index in [2.05, 4.69) is 36.0 Å². The monoisotopic (exact) mass is 737 g/mol. The third kappa shape index (κ3) is 7.69. The van der Waals surface area contributed by atoms with Crippen molar-refractivity contribution in [1.29, 1.82) is 0 Å². The number of carbonyl (C=O) groups is 2. The fourth-order valence-corrected chi connectivity index (χ4v) is 8.56. The lowest BCUT2D eigenvalue weighted by molar-refractivity contribution is 0.0201. The molecule has 4 saturated heterocycles. The van der Waals surface area contributed by atoms with Crippen LogP contribution in [-0.4, -0.2) is 87.3 Å². The number of hydrogen-bond donors (Lipinski definition) is 1. The van der Waals surface area contributed by atoms with Crippen LogP contribution in [0.15, 0.2) is 62.0 Å². The first kappa shape index (κ1) is 37.1. The highest BCUT2D eigenvalue weighted by atomic mass is 19.1. The SMILES string of the molecule is CC(C)(C)OC(=O)N1C2CCC1C(c1cnc(F)c(-c3cncnc3)c1)C2.CC(C)(C)OC(=O)N1C2CCC1C(c1cnc(N)c(-c3cncnc3)c1)C2. The molecule has 6 unspecified atom stereocenters. The van der Waals surface area contributed by atoms with Crippen molar-refractivity contribution in [2.24, 2.45) is 0 Å². The van der Waals surface area contributed by atoms with Crippen molar-refractivity contribution in [3.8, 4) is 22.3 Å². The first-order chi connectivity index (χ1) is 25.7. The Bertz CT molecular complexity index is 1850. The van der Waals surface area contributed by atoms with Gasteiger partial charge in [-0.25, -0.2) is 39.5 Å². The largest absolute Gasteiger partial charge is 0.444 e. The van der Waals surface area contributed by atoms with Gasteiger partial charge in [-0.1, -0.05) is 0 Å². The maximum absolute atomic E-state index is 14.3. The number of hydrogen-bond acceptors (Lipinski definition) is 11. The fraction of sp³-hybridized carbons (Fsp3) is 0.500. The molecule has 0 saturated carbocycles. The van der Waals surface area contributed by atoms with Crippen molar-refractivity contribution in [2.75, 3.05) is 5.73 Å². The minimum absolute atomic E-state index is 0.0667. The summed E-state index contributed by atoms with van der Waals surface area (Å²) in [5, 5.41) is 0. The molecule has 4 aliphatic heterocycles. The van der Waals surface area contributed by atoms with Gasteiger partial charge < -0.3 is 25.0 Å². The molecule has 8 rings (SSSR count). The second kappa shape index (κ2) is 14.5. The molecule has 14 heteroatoms. The highest BCUT2D eigenvalue weighted by molar-refractivity contribution is 5.74. The molecule has 2 amide bonds. The molecular formula is C40H48FN9O4. The van der Waals surface area contributed by atoms with Gasteiger partial charge in [0.15, 0.2) is 0 Å². The Labute approximate surface area is 315 Å². The summed E-state index contributed by atoms with van der Waals surface area (Å²) < 4.78 is 25.5. The summed E-state index contributed by atoms with van der Waals surface area (Å²) in [7, 11) is 0. The quantitative estimate of drug-likeness (QED) is 0.209. The van der Waals surface area contributed by atoms with Crippen LogP contribution in [0.5, 0.6) is 0 Å². The van der Waals surface area contributed by atoms with Crippen molar-refractivity contribution in [2.45, 2.75) is 127 Å². The molecule has 0 spiro atoms. The van der Waals surface area contributed by atoms with Crippen LogP contribution in [0.2, 0.25) is 0 Å². The minimum atomic E-state index is -0.541. The number of aromatic nitrogens is 6. The standard InChI is InChI=1S/C20H23FN4O2.C20H25N5O2/c2*1-20(2,3)27-19(26)25-14-4-5-17(25)15(7-14)12-6-16(18(21)24-10-12)13-8-22-11-23-9-13/h6,8-11,14-15,17H,4-5,7H2,1-3H3;6,8-11,14-15,17H,4-5,7H2,1-3H3,(H2,21,24). The zero-order valence-electron chi connectivity index (χ0n) is 31.6. The summed E-state index contributed by atoms with van der Waals surface area (Å²) in [6.45, 7) is 11.3. The molecule has 0 aliphatic carbocycles.